The Hall–Kier alpha value is -1.82. The molecule has 0 saturated heterocycles. The molecule has 0 amide bonds. The molecule has 6 nitrogen and oxygen atoms in total. The number of hydrogen-bond acceptors (Lipinski definition) is 5. The summed E-state index contributed by atoms with van der Waals surface area (Å²) >= 11 is 2.18. The summed E-state index contributed by atoms with van der Waals surface area (Å²) in [6.45, 7) is 0. The Balaban J connectivity index is 0.000000236. The van der Waals surface area contributed by atoms with Gasteiger partial charge in [-0.3, -0.25) is 10.1 Å². The van der Waals surface area contributed by atoms with Gasteiger partial charge in [0, 0.05) is 22.4 Å². The zero-order chi connectivity index (χ0) is 17.5. The van der Waals surface area contributed by atoms with E-state index in [1.807, 2.05) is 30.8 Å². The van der Waals surface area contributed by atoms with Crippen LogP contribution in [0, 0.1) is 0 Å². The number of ketones is 1. The molecular formula is C13H11F3IN3O3. The van der Waals surface area contributed by atoms with E-state index in [9.17, 15) is 18.0 Å². The number of quaternary nitrogens is 1. The van der Waals surface area contributed by atoms with E-state index in [-0.39, 0.29) is 11.8 Å². The number of aliphatic carboxylic acids is 1. The van der Waals surface area contributed by atoms with Crippen molar-refractivity contribution in [3.63, 3.8) is 0 Å². The highest BCUT2D eigenvalue weighted by molar-refractivity contribution is 14.1. The smallest absolute Gasteiger partial charge is 0.430 e. The Morgan fingerprint density at radius 3 is 2.57 bits per heavy atom. The molecule has 0 saturated carbocycles. The van der Waals surface area contributed by atoms with Gasteiger partial charge in [0.2, 0.25) is 0 Å². The third-order valence-electron chi connectivity index (χ3n) is 3.42. The highest BCUT2D eigenvalue weighted by Crippen LogP contribution is 2.38. The van der Waals surface area contributed by atoms with Crippen LogP contribution >= 0.6 is 22.6 Å². The average Bonchev–Trinajstić information content (AvgIpc) is 2.87. The van der Waals surface area contributed by atoms with E-state index in [2.05, 4.69) is 27.5 Å². The molecule has 0 aromatic rings. The number of carbonyl (C=O) groups excluding carboxylic acids is 2. The maximum Gasteiger partial charge on any atom is 0.430 e. The molecule has 10 heteroatoms. The molecule has 0 aromatic heterocycles. The number of alkyl halides is 3. The molecular weight excluding hydrogens is 430 g/mol. The van der Waals surface area contributed by atoms with E-state index in [1.165, 1.54) is 0 Å². The maximum absolute atomic E-state index is 12.0. The fraction of sp³-hybridized carbons (Fsp3) is 0.231. The molecule has 1 unspecified atom stereocenters. The predicted octanol–water partition coefficient (Wildman–Crippen LogP) is -0.984. The third-order valence-corrected chi connectivity index (χ3v) is 4.59. The molecule has 4 N–H and O–H groups in total. The number of halogens is 4. The number of nitrogens with zero attached hydrogens (tertiary/aromatic N) is 1. The predicted molar refractivity (Wildman–Crippen MR) is 79.0 cm³/mol. The van der Waals surface area contributed by atoms with Crippen LogP contribution in [0.3, 0.4) is 0 Å². The van der Waals surface area contributed by atoms with Crippen molar-refractivity contribution >= 4 is 34.3 Å². The van der Waals surface area contributed by atoms with Gasteiger partial charge < -0.3 is 20.5 Å². The summed E-state index contributed by atoms with van der Waals surface area (Å²) in [7, 11) is 2.00. The van der Waals surface area contributed by atoms with Crippen molar-refractivity contribution in [2.45, 2.75) is 12.2 Å². The van der Waals surface area contributed by atoms with Crippen LogP contribution in [-0.2, 0) is 9.59 Å². The number of nitrogens with two attached hydrogens (primary N) is 2. The molecule has 0 bridgehead atoms. The minimum atomic E-state index is -5.19. The number of likely N-dealkylation sites (N-methyl/N-ethyl adjacent to an activating group) is 1. The van der Waals surface area contributed by atoms with Crippen molar-refractivity contribution < 1.29 is 33.2 Å². The topological polar surface area (TPSA) is 103 Å². The number of Topliss-reactive ketones (excluding diaryl/α,β-unsaturated/α-hetero) is 1. The Morgan fingerprint density at radius 1 is 1.48 bits per heavy atom. The second kappa shape index (κ2) is 6.00. The van der Waals surface area contributed by atoms with Crippen LogP contribution in [0.5, 0.6) is 0 Å². The van der Waals surface area contributed by atoms with Crippen LogP contribution < -0.4 is 16.2 Å². The van der Waals surface area contributed by atoms with Crippen molar-refractivity contribution in [2.75, 3.05) is 7.05 Å². The summed E-state index contributed by atoms with van der Waals surface area (Å²) in [5.41, 5.74) is 9.25. The molecule has 3 rings (SSSR count). The lowest BCUT2D eigenvalue weighted by atomic mass is 9.88. The molecule has 2 aliphatic heterocycles. The van der Waals surface area contributed by atoms with E-state index >= 15 is 0 Å². The number of rotatable bonds is 0. The number of carbonyl (C=O) groups is 2. The molecule has 0 spiro atoms. The van der Waals surface area contributed by atoms with Gasteiger partial charge in [-0.2, -0.15) is 13.2 Å². The van der Waals surface area contributed by atoms with E-state index in [0.29, 0.717) is 5.70 Å². The zero-order valence-corrected chi connectivity index (χ0v) is 13.8. The normalized spacial score (nSPS) is 22.7. The standard InChI is InChI=1S/C11H10IN3O.C2HF3O2/c1-15-3-2-5-4-14-9-6(5)10(15)7(12)8(13)11(9)16;3-2(4,5)1(6)7/h2-4,10,14H,13H2,1H3;(H,6,7). The first-order chi connectivity index (χ1) is 10.6. The van der Waals surface area contributed by atoms with Crippen LogP contribution in [0.15, 0.2) is 44.6 Å². The molecule has 0 radical (unpaired) electrons. The summed E-state index contributed by atoms with van der Waals surface area (Å²) in [4.78, 5) is 22.9. The van der Waals surface area contributed by atoms with E-state index in [0.717, 1.165) is 20.4 Å². The second-order valence-electron chi connectivity index (χ2n) is 4.88. The highest BCUT2D eigenvalue weighted by atomic mass is 127. The van der Waals surface area contributed by atoms with Crippen molar-refractivity contribution in [2.24, 2.45) is 5.73 Å². The molecule has 124 valence electrons. The van der Waals surface area contributed by atoms with Crippen LogP contribution in [0.4, 0.5) is 13.2 Å². The molecule has 1 atom stereocenters. The zero-order valence-electron chi connectivity index (χ0n) is 11.6. The summed E-state index contributed by atoms with van der Waals surface area (Å²) in [5.74, 6) is -3.04. The lowest BCUT2D eigenvalue weighted by molar-refractivity contribution is -0.525. The molecule has 1 aliphatic carbocycles. The first-order valence-corrected chi connectivity index (χ1v) is 7.31. The molecule has 2 heterocycles. The van der Waals surface area contributed by atoms with Crippen LogP contribution in [-0.4, -0.2) is 35.9 Å². The van der Waals surface area contributed by atoms with Gasteiger partial charge in [-0.15, -0.1) is 0 Å². The fourth-order valence-electron chi connectivity index (χ4n) is 2.35. The Labute approximate surface area is 142 Å². The third kappa shape index (κ3) is 3.13. The van der Waals surface area contributed by atoms with Gasteiger partial charge in [0.25, 0.3) is 5.78 Å². The maximum atomic E-state index is 12.0. The number of allylic oxidation sites excluding steroid dienone is 1. The monoisotopic (exact) mass is 441 g/mol. The lowest BCUT2D eigenvalue weighted by Crippen LogP contribution is -2.77. The van der Waals surface area contributed by atoms with Gasteiger partial charge in [-0.05, 0) is 28.7 Å². The van der Waals surface area contributed by atoms with E-state index < -0.39 is 12.1 Å². The molecule has 0 fully saturated rings. The Kier molecular flexibility index (Phi) is 4.57. The Morgan fingerprint density at radius 2 is 2.04 bits per heavy atom. The largest absolute Gasteiger partial charge is 0.542 e. The van der Waals surface area contributed by atoms with Gasteiger partial charge in [0.1, 0.15) is 12.2 Å². The van der Waals surface area contributed by atoms with Crippen LogP contribution in [0.25, 0.3) is 0 Å². The van der Waals surface area contributed by atoms with Gasteiger partial charge >= 0.3 is 6.18 Å². The van der Waals surface area contributed by atoms with Crippen molar-refractivity contribution in [1.29, 1.82) is 0 Å². The molecule has 23 heavy (non-hydrogen) atoms. The van der Waals surface area contributed by atoms with Crippen LogP contribution in [0.2, 0.25) is 0 Å². The van der Waals surface area contributed by atoms with E-state index in [1.54, 1.807) is 0 Å². The minimum absolute atomic E-state index is 0.0365. The summed E-state index contributed by atoms with van der Waals surface area (Å²) in [6.07, 6.45) is 0.855. The number of carboxylic acids is 1. The van der Waals surface area contributed by atoms with Crippen molar-refractivity contribution in [3.05, 3.63) is 44.6 Å². The summed E-state index contributed by atoms with van der Waals surface area (Å²) in [5, 5.41) is 10.7. The van der Waals surface area contributed by atoms with Crippen LogP contribution in [0.1, 0.15) is 0 Å². The van der Waals surface area contributed by atoms with Crippen molar-refractivity contribution in [1.82, 2.24) is 4.90 Å². The lowest BCUT2D eigenvalue weighted by Gasteiger charge is -2.33. The highest BCUT2D eigenvalue weighted by Gasteiger charge is 2.43. The number of hydrogen-bond donors (Lipinski definition) is 2. The quantitative estimate of drug-likeness (QED) is 0.471. The van der Waals surface area contributed by atoms with Gasteiger partial charge in [0.05, 0.1) is 17.3 Å². The average molecular weight is 441 g/mol. The Bertz CT molecular complexity index is 707. The first kappa shape index (κ1) is 17.5. The van der Waals surface area contributed by atoms with Gasteiger partial charge in [-0.25, -0.2) is 0 Å². The number of carboxylic acid groups (broad SMARTS) is 1. The summed E-state index contributed by atoms with van der Waals surface area (Å²) < 4.78 is 32.5. The fourth-order valence-corrected chi connectivity index (χ4v) is 3.35. The minimum Gasteiger partial charge on any atom is -0.542 e. The SMILES string of the molecule is CN1C=CC2=C[NH2+]C3=C2C1C(I)=C(N)C3=O.O=C([O-])C(F)(F)F. The summed E-state index contributed by atoms with van der Waals surface area (Å²) in [6, 6.07) is 0.114. The molecule has 3 aliphatic rings. The van der Waals surface area contributed by atoms with E-state index in [4.69, 9.17) is 15.6 Å². The van der Waals surface area contributed by atoms with Gasteiger partial charge in [-0.1, -0.05) is 0 Å². The van der Waals surface area contributed by atoms with Crippen molar-refractivity contribution in [3.8, 4) is 0 Å². The second-order valence-corrected chi connectivity index (χ2v) is 6.04. The molecule has 0 aromatic carbocycles. The van der Waals surface area contributed by atoms with Gasteiger partial charge in [0.15, 0.2) is 5.70 Å². The first-order valence-electron chi connectivity index (χ1n) is 6.23.